The first kappa shape index (κ1) is 23.6. The second-order valence-corrected chi connectivity index (χ2v) is 9.31. The van der Waals surface area contributed by atoms with E-state index in [1.165, 1.54) is 5.56 Å². The number of benzene rings is 2. The molecule has 4 rings (SSSR count). The van der Waals surface area contributed by atoms with E-state index in [-0.39, 0.29) is 0 Å². The Labute approximate surface area is 197 Å². The number of rotatable bonds is 7. The smallest absolute Gasteiger partial charge is 0.119 e. The molecule has 2 heterocycles. The standard InChI is InChI=1S/C27H35N3O3/c1-21-19-25(6-3-24(21)20-28)30-12-9-27(31,10-13-30)11-16-33-26-7-4-23(5-8-26)22(2)29-14-17-32-18-15-29/h3-8,19,22,31H,9-18H2,1-2H3. The van der Waals surface area contributed by atoms with Crippen LogP contribution in [-0.2, 0) is 4.74 Å². The highest BCUT2D eigenvalue weighted by Gasteiger charge is 2.32. The average molecular weight is 450 g/mol. The van der Waals surface area contributed by atoms with Crippen LogP contribution in [0.25, 0.3) is 0 Å². The zero-order chi connectivity index (χ0) is 23.3. The van der Waals surface area contributed by atoms with Gasteiger partial charge in [-0.3, -0.25) is 4.90 Å². The average Bonchev–Trinajstić information content (AvgIpc) is 2.85. The summed E-state index contributed by atoms with van der Waals surface area (Å²) < 4.78 is 11.4. The van der Waals surface area contributed by atoms with E-state index >= 15 is 0 Å². The van der Waals surface area contributed by atoms with Crippen LogP contribution in [0.4, 0.5) is 5.69 Å². The molecule has 0 saturated carbocycles. The van der Waals surface area contributed by atoms with Gasteiger partial charge in [0.15, 0.2) is 0 Å². The van der Waals surface area contributed by atoms with E-state index in [2.05, 4.69) is 41.0 Å². The number of hydrogen-bond donors (Lipinski definition) is 1. The molecule has 1 unspecified atom stereocenters. The number of nitrogens with zero attached hydrogens (tertiary/aromatic N) is 3. The third kappa shape index (κ3) is 5.86. The van der Waals surface area contributed by atoms with Crippen LogP contribution in [0.3, 0.4) is 0 Å². The van der Waals surface area contributed by atoms with E-state index in [1.807, 2.05) is 31.2 Å². The largest absolute Gasteiger partial charge is 0.493 e. The van der Waals surface area contributed by atoms with Crippen molar-refractivity contribution in [1.82, 2.24) is 4.90 Å². The van der Waals surface area contributed by atoms with Crippen molar-refractivity contribution in [2.24, 2.45) is 0 Å². The fourth-order valence-electron chi connectivity index (χ4n) is 4.78. The van der Waals surface area contributed by atoms with E-state index in [9.17, 15) is 5.11 Å². The molecule has 6 nitrogen and oxygen atoms in total. The Hall–Kier alpha value is -2.59. The highest BCUT2D eigenvalue weighted by atomic mass is 16.5. The predicted molar refractivity (Wildman–Crippen MR) is 130 cm³/mol. The summed E-state index contributed by atoms with van der Waals surface area (Å²) in [5.74, 6) is 0.849. The number of aryl methyl sites for hydroxylation is 1. The molecule has 33 heavy (non-hydrogen) atoms. The molecule has 176 valence electrons. The number of piperidine rings is 1. The van der Waals surface area contributed by atoms with Crippen molar-refractivity contribution < 1.29 is 14.6 Å². The molecule has 0 spiro atoms. The van der Waals surface area contributed by atoms with E-state index in [4.69, 9.17) is 14.7 Å². The highest BCUT2D eigenvalue weighted by molar-refractivity contribution is 5.53. The lowest BCUT2D eigenvalue weighted by molar-refractivity contribution is -0.00268. The Morgan fingerprint density at radius 3 is 2.42 bits per heavy atom. The molecule has 2 aliphatic rings. The SMILES string of the molecule is Cc1cc(N2CCC(O)(CCOc3ccc(C(C)N4CCOCC4)cc3)CC2)ccc1C#N. The monoisotopic (exact) mass is 449 g/mol. The van der Waals surface area contributed by atoms with Crippen molar-refractivity contribution in [1.29, 1.82) is 5.26 Å². The third-order valence-corrected chi connectivity index (χ3v) is 7.18. The van der Waals surface area contributed by atoms with Crippen molar-refractivity contribution in [3.05, 3.63) is 59.2 Å². The number of nitriles is 1. The van der Waals surface area contributed by atoms with Crippen LogP contribution in [0.15, 0.2) is 42.5 Å². The number of ether oxygens (including phenoxy) is 2. The summed E-state index contributed by atoms with van der Waals surface area (Å²) in [5.41, 5.74) is 3.43. The Morgan fingerprint density at radius 2 is 1.79 bits per heavy atom. The molecule has 1 N–H and O–H groups in total. The minimum Gasteiger partial charge on any atom is -0.493 e. The molecule has 2 aliphatic heterocycles. The van der Waals surface area contributed by atoms with Crippen LogP contribution in [-0.4, -0.2) is 61.6 Å². The van der Waals surface area contributed by atoms with E-state index in [0.717, 1.165) is 56.4 Å². The van der Waals surface area contributed by atoms with Crippen molar-refractivity contribution in [2.45, 2.75) is 44.8 Å². The maximum atomic E-state index is 11.0. The summed E-state index contributed by atoms with van der Waals surface area (Å²) in [5, 5.41) is 20.2. The summed E-state index contributed by atoms with van der Waals surface area (Å²) in [6.07, 6.45) is 2.05. The lowest BCUT2D eigenvalue weighted by Crippen LogP contribution is -2.45. The van der Waals surface area contributed by atoms with Gasteiger partial charge in [-0.1, -0.05) is 12.1 Å². The molecule has 2 fully saturated rings. The van der Waals surface area contributed by atoms with Gasteiger partial charge in [-0.2, -0.15) is 5.26 Å². The van der Waals surface area contributed by atoms with Crippen molar-refractivity contribution in [2.75, 3.05) is 50.9 Å². The van der Waals surface area contributed by atoms with E-state index in [1.54, 1.807) is 0 Å². The van der Waals surface area contributed by atoms with Gasteiger partial charge < -0.3 is 19.5 Å². The minimum absolute atomic E-state index is 0.369. The lowest BCUT2D eigenvalue weighted by atomic mass is 9.88. The Bertz CT molecular complexity index is 956. The summed E-state index contributed by atoms with van der Waals surface area (Å²) in [6, 6.07) is 16.9. The second-order valence-electron chi connectivity index (χ2n) is 9.31. The zero-order valence-electron chi connectivity index (χ0n) is 19.8. The van der Waals surface area contributed by atoms with Crippen LogP contribution in [0.5, 0.6) is 5.75 Å². The fourth-order valence-corrected chi connectivity index (χ4v) is 4.78. The molecule has 0 amide bonds. The van der Waals surface area contributed by atoms with Gasteiger partial charge in [0.2, 0.25) is 0 Å². The summed E-state index contributed by atoms with van der Waals surface area (Å²) >= 11 is 0. The zero-order valence-corrected chi connectivity index (χ0v) is 19.8. The number of hydrogen-bond acceptors (Lipinski definition) is 6. The van der Waals surface area contributed by atoms with Gasteiger partial charge >= 0.3 is 0 Å². The van der Waals surface area contributed by atoms with Gasteiger partial charge in [0.25, 0.3) is 0 Å². The molecule has 2 aromatic carbocycles. The Kier molecular flexibility index (Phi) is 7.54. The summed E-state index contributed by atoms with van der Waals surface area (Å²) in [4.78, 5) is 4.73. The second kappa shape index (κ2) is 10.6. The molecule has 2 aromatic rings. The predicted octanol–water partition coefficient (Wildman–Crippen LogP) is 4.06. The maximum Gasteiger partial charge on any atom is 0.119 e. The molecular weight excluding hydrogens is 414 g/mol. The van der Waals surface area contributed by atoms with Crippen molar-refractivity contribution in [3.63, 3.8) is 0 Å². The summed E-state index contributed by atoms with van der Waals surface area (Å²) in [6.45, 7) is 9.87. The topological polar surface area (TPSA) is 69.0 Å². The first-order valence-corrected chi connectivity index (χ1v) is 12.0. The Balaban J connectivity index is 1.23. The molecule has 2 saturated heterocycles. The highest BCUT2D eigenvalue weighted by Crippen LogP contribution is 2.30. The molecular formula is C27H35N3O3. The lowest BCUT2D eigenvalue weighted by Gasteiger charge is -2.39. The molecule has 6 heteroatoms. The van der Waals surface area contributed by atoms with Crippen molar-refractivity contribution >= 4 is 5.69 Å². The van der Waals surface area contributed by atoms with Gasteiger partial charge in [-0.05, 0) is 68.1 Å². The van der Waals surface area contributed by atoms with E-state index in [0.29, 0.717) is 37.5 Å². The third-order valence-electron chi connectivity index (χ3n) is 7.18. The summed E-state index contributed by atoms with van der Waals surface area (Å²) in [7, 11) is 0. The van der Waals surface area contributed by atoms with Gasteiger partial charge in [0.05, 0.1) is 37.1 Å². The molecule has 0 aromatic heterocycles. The van der Waals surface area contributed by atoms with Crippen LogP contribution in [0.1, 0.15) is 48.9 Å². The quantitative estimate of drug-likeness (QED) is 0.688. The van der Waals surface area contributed by atoms with Crippen LogP contribution < -0.4 is 9.64 Å². The van der Waals surface area contributed by atoms with Crippen molar-refractivity contribution in [3.8, 4) is 11.8 Å². The molecule has 1 atom stereocenters. The number of anilines is 1. The van der Waals surface area contributed by atoms with Gasteiger partial charge in [0, 0.05) is 44.3 Å². The number of aliphatic hydroxyl groups is 1. The van der Waals surface area contributed by atoms with Crippen LogP contribution >= 0.6 is 0 Å². The Morgan fingerprint density at radius 1 is 1.09 bits per heavy atom. The minimum atomic E-state index is -0.692. The number of morpholine rings is 1. The van der Waals surface area contributed by atoms with Gasteiger partial charge in [0.1, 0.15) is 5.75 Å². The fraction of sp³-hybridized carbons (Fsp3) is 0.519. The van der Waals surface area contributed by atoms with Gasteiger partial charge in [-0.15, -0.1) is 0 Å². The molecule has 0 aliphatic carbocycles. The molecule has 0 radical (unpaired) electrons. The van der Waals surface area contributed by atoms with Crippen LogP contribution in [0.2, 0.25) is 0 Å². The normalized spacial score (nSPS) is 19.6. The van der Waals surface area contributed by atoms with E-state index < -0.39 is 5.60 Å². The van der Waals surface area contributed by atoms with Crippen LogP contribution in [0, 0.1) is 18.3 Å². The molecule has 0 bridgehead atoms. The maximum absolute atomic E-state index is 11.0. The first-order valence-electron chi connectivity index (χ1n) is 12.0. The first-order chi connectivity index (χ1) is 16.0. The van der Waals surface area contributed by atoms with Gasteiger partial charge in [-0.25, -0.2) is 0 Å².